The summed E-state index contributed by atoms with van der Waals surface area (Å²) in [6.07, 6.45) is 0. The highest BCUT2D eigenvalue weighted by molar-refractivity contribution is 7.80. The van der Waals surface area contributed by atoms with Gasteiger partial charge >= 0.3 is 5.97 Å². The van der Waals surface area contributed by atoms with E-state index in [2.05, 4.69) is 17.4 Å². The first-order valence-corrected chi connectivity index (χ1v) is 4.10. The van der Waals surface area contributed by atoms with Crippen LogP contribution in [0.1, 0.15) is 15.9 Å². The summed E-state index contributed by atoms with van der Waals surface area (Å²) in [5.74, 6) is -0.909. The van der Waals surface area contributed by atoms with E-state index in [0.29, 0.717) is 0 Å². The Morgan fingerprint density at radius 3 is 2.79 bits per heavy atom. The van der Waals surface area contributed by atoms with Crippen LogP contribution in [0.2, 0.25) is 0 Å². The molecule has 0 saturated heterocycles. The van der Waals surface area contributed by atoms with Crippen molar-refractivity contribution in [1.29, 1.82) is 5.26 Å². The molecule has 0 fully saturated rings. The predicted octanol–water partition coefficient (Wildman–Crippen LogP) is 1.34. The van der Waals surface area contributed by atoms with Crippen LogP contribution in [0.15, 0.2) is 17.0 Å². The van der Waals surface area contributed by atoms with Gasteiger partial charge in [0, 0.05) is 0 Å². The van der Waals surface area contributed by atoms with E-state index < -0.39 is 5.97 Å². The van der Waals surface area contributed by atoms with Gasteiger partial charge in [0.15, 0.2) is 0 Å². The Balaban J connectivity index is 3.33. The SMILES string of the molecule is COC(=O)c1ccc(C#N)c(O)c1S. The van der Waals surface area contributed by atoms with E-state index in [9.17, 15) is 9.90 Å². The lowest BCUT2D eigenvalue weighted by Gasteiger charge is -2.05. The molecule has 0 amide bonds. The molecule has 0 spiro atoms. The lowest BCUT2D eigenvalue weighted by Crippen LogP contribution is -2.02. The summed E-state index contributed by atoms with van der Waals surface area (Å²) < 4.78 is 4.46. The van der Waals surface area contributed by atoms with E-state index in [0.717, 1.165) is 0 Å². The minimum absolute atomic E-state index is 0.0518. The second-order valence-corrected chi connectivity index (χ2v) is 2.91. The van der Waals surface area contributed by atoms with Crippen LogP contribution in [0.5, 0.6) is 5.75 Å². The summed E-state index contributed by atoms with van der Waals surface area (Å²) >= 11 is 3.93. The number of hydrogen-bond donors (Lipinski definition) is 2. The van der Waals surface area contributed by atoms with Gasteiger partial charge in [-0.3, -0.25) is 0 Å². The Kier molecular flexibility index (Phi) is 2.99. The second kappa shape index (κ2) is 4.03. The second-order valence-electron chi connectivity index (χ2n) is 2.46. The van der Waals surface area contributed by atoms with E-state index in [1.807, 2.05) is 0 Å². The smallest absolute Gasteiger partial charge is 0.339 e. The predicted molar refractivity (Wildman–Crippen MR) is 51.4 cm³/mol. The molecule has 0 bridgehead atoms. The normalized spacial score (nSPS) is 9.21. The quantitative estimate of drug-likeness (QED) is 0.541. The van der Waals surface area contributed by atoms with Crippen LogP contribution in [0.3, 0.4) is 0 Å². The van der Waals surface area contributed by atoms with Crippen molar-refractivity contribution in [2.75, 3.05) is 7.11 Å². The maximum atomic E-state index is 11.1. The van der Waals surface area contributed by atoms with Crippen LogP contribution in [-0.2, 0) is 4.74 Å². The standard InChI is InChI=1S/C9H7NO3S/c1-13-9(12)6-3-2-5(4-10)7(11)8(6)14/h2-3,11,14H,1H3. The maximum Gasteiger partial charge on any atom is 0.339 e. The fourth-order valence-corrected chi connectivity index (χ4v) is 1.23. The number of phenols is 1. The molecule has 1 aromatic rings. The van der Waals surface area contributed by atoms with Crippen molar-refractivity contribution in [3.8, 4) is 11.8 Å². The van der Waals surface area contributed by atoms with Crippen LogP contribution in [0.25, 0.3) is 0 Å². The summed E-state index contributed by atoms with van der Waals surface area (Å²) in [6.45, 7) is 0. The van der Waals surface area contributed by atoms with E-state index in [-0.39, 0.29) is 21.8 Å². The van der Waals surface area contributed by atoms with Crippen LogP contribution in [0.4, 0.5) is 0 Å². The van der Waals surface area contributed by atoms with Gasteiger partial charge < -0.3 is 9.84 Å². The topological polar surface area (TPSA) is 70.3 Å². The Labute approximate surface area is 86.1 Å². The third kappa shape index (κ3) is 1.65. The number of nitriles is 1. The molecule has 0 saturated carbocycles. The molecule has 0 radical (unpaired) electrons. The van der Waals surface area contributed by atoms with Gasteiger partial charge in [-0.25, -0.2) is 4.79 Å². The number of methoxy groups -OCH3 is 1. The number of carbonyl (C=O) groups excluding carboxylic acids is 1. The van der Waals surface area contributed by atoms with E-state index >= 15 is 0 Å². The Hall–Kier alpha value is -1.67. The van der Waals surface area contributed by atoms with Crippen LogP contribution < -0.4 is 0 Å². The Bertz CT molecular complexity index is 423. The molecule has 0 aliphatic heterocycles. The highest BCUT2D eigenvalue weighted by Gasteiger charge is 2.15. The molecule has 0 unspecified atom stereocenters. The molecule has 0 aliphatic carbocycles. The number of hydrogen-bond acceptors (Lipinski definition) is 5. The van der Waals surface area contributed by atoms with Gasteiger partial charge in [-0.2, -0.15) is 5.26 Å². The number of carbonyl (C=O) groups is 1. The van der Waals surface area contributed by atoms with Crippen LogP contribution in [-0.4, -0.2) is 18.2 Å². The van der Waals surface area contributed by atoms with Gasteiger partial charge in [-0.05, 0) is 12.1 Å². The van der Waals surface area contributed by atoms with Crippen molar-refractivity contribution in [3.63, 3.8) is 0 Å². The third-order valence-corrected chi connectivity index (χ3v) is 2.13. The highest BCUT2D eigenvalue weighted by Crippen LogP contribution is 2.29. The fourth-order valence-electron chi connectivity index (χ4n) is 0.945. The molecule has 14 heavy (non-hydrogen) atoms. The summed E-state index contributed by atoms with van der Waals surface area (Å²) in [5, 5.41) is 18.0. The zero-order chi connectivity index (χ0) is 10.7. The lowest BCUT2D eigenvalue weighted by atomic mass is 10.1. The lowest BCUT2D eigenvalue weighted by molar-refractivity contribution is 0.0596. The molecule has 0 aliphatic rings. The van der Waals surface area contributed by atoms with Gasteiger partial charge in [0.05, 0.1) is 23.1 Å². The van der Waals surface area contributed by atoms with Crippen LogP contribution >= 0.6 is 12.6 Å². The van der Waals surface area contributed by atoms with Crippen molar-refractivity contribution in [2.24, 2.45) is 0 Å². The number of aromatic hydroxyl groups is 1. The number of esters is 1. The first-order valence-electron chi connectivity index (χ1n) is 3.65. The number of thiol groups is 1. The first-order chi connectivity index (χ1) is 6.61. The molecule has 0 atom stereocenters. The largest absolute Gasteiger partial charge is 0.505 e. The molecule has 5 heteroatoms. The monoisotopic (exact) mass is 209 g/mol. The average Bonchev–Trinajstić information content (AvgIpc) is 2.21. The van der Waals surface area contributed by atoms with Crippen LogP contribution in [0, 0.1) is 11.3 Å². The van der Waals surface area contributed by atoms with E-state index in [1.54, 1.807) is 6.07 Å². The van der Waals surface area contributed by atoms with Crippen molar-refractivity contribution in [2.45, 2.75) is 4.90 Å². The number of phenolic OH excluding ortho intramolecular Hbond substituents is 1. The number of nitrogens with zero attached hydrogens (tertiary/aromatic N) is 1. The number of benzene rings is 1. The van der Waals surface area contributed by atoms with Crippen molar-refractivity contribution < 1.29 is 14.6 Å². The van der Waals surface area contributed by atoms with Gasteiger partial charge in [0.1, 0.15) is 11.8 Å². The molecule has 4 nitrogen and oxygen atoms in total. The highest BCUT2D eigenvalue weighted by atomic mass is 32.1. The third-order valence-electron chi connectivity index (χ3n) is 1.68. The molecular formula is C9H7NO3S. The minimum Gasteiger partial charge on any atom is -0.505 e. The minimum atomic E-state index is -0.602. The molecule has 0 heterocycles. The Morgan fingerprint density at radius 2 is 2.29 bits per heavy atom. The van der Waals surface area contributed by atoms with Gasteiger partial charge in [0.25, 0.3) is 0 Å². The molecule has 1 rings (SSSR count). The molecule has 1 N–H and O–H groups in total. The first kappa shape index (κ1) is 10.4. The average molecular weight is 209 g/mol. The summed E-state index contributed by atoms with van der Waals surface area (Å²) in [4.78, 5) is 11.2. The van der Waals surface area contributed by atoms with Crippen molar-refractivity contribution in [1.82, 2.24) is 0 Å². The zero-order valence-electron chi connectivity index (χ0n) is 7.31. The maximum absolute atomic E-state index is 11.1. The number of rotatable bonds is 1. The fraction of sp³-hybridized carbons (Fsp3) is 0.111. The Morgan fingerprint density at radius 1 is 1.64 bits per heavy atom. The van der Waals surface area contributed by atoms with E-state index in [1.165, 1.54) is 19.2 Å². The summed E-state index contributed by atoms with van der Waals surface area (Å²) in [6, 6.07) is 4.49. The molecule has 0 aromatic heterocycles. The van der Waals surface area contributed by atoms with Gasteiger partial charge in [-0.1, -0.05) is 0 Å². The summed E-state index contributed by atoms with van der Waals surface area (Å²) in [7, 11) is 1.23. The zero-order valence-corrected chi connectivity index (χ0v) is 8.21. The molecule has 72 valence electrons. The van der Waals surface area contributed by atoms with E-state index in [4.69, 9.17) is 5.26 Å². The van der Waals surface area contributed by atoms with Crippen molar-refractivity contribution >= 4 is 18.6 Å². The van der Waals surface area contributed by atoms with Crippen molar-refractivity contribution in [3.05, 3.63) is 23.3 Å². The molecule has 1 aromatic carbocycles. The van der Waals surface area contributed by atoms with Gasteiger partial charge in [0.2, 0.25) is 0 Å². The number of ether oxygens (including phenoxy) is 1. The summed E-state index contributed by atoms with van der Waals surface area (Å²) in [5.41, 5.74) is 0.204. The van der Waals surface area contributed by atoms with Gasteiger partial charge in [-0.15, -0.1) is 12.6 Å². The molecular weight excluding hydrogens is 202 g/mol.